The first-order valence-electron chi connectivity index (χ1n) is 11.5. The number of nitrogens with zero attached hydrogens (tertiary/aromatic N) is 4. The molecule has 2 unspecified atom stereocenters. The standard InChI is InChI=1S/C24H30N8O/c1-14-10-17-11-25-23(30-22(17)29-21(14)31-24(33)28-19-4-5-19)27-18-6-8-20(9-7-18)32-12-15(2)26-16(3)13-32/h6-11,15-16,19,26H,4-5,12-13H2,1-3H3,(H3,25,27,28,29,30,31,33). The van der Waals surface area contributed by atoms with Crippen LogP contribution in [0.25, 0.3) is 11.0 Å². The van der Waals surface area contributed by atoms with Gasteiger partial charge in [-0.3, -0.25) is 5.32 Å². The fourth-order valence-corrected chi connectivity index (χ4v) is 4.23. The van der Waals surface area contributed by atoms with Gasteiger partial charge in [-0.2, -0.15) is 4.98 Å². The van der Waals surface area contributed by atoms with Crippen molar-refractivity contribution in [1.82, 2.24) is 25.6 Å². The highest BCUT2D eigenvalue weighted by Crippen LogP contribution is 2.24. The number of carbonyl (C=O) groups excluding carboxylic acids is 1. The second-order valence-corrected chi connectivity index (χ2v) is 9.18. The first-order valence-corrected chi connectivity index (χ1v) is 11.5. The lowest BCUT2D eigenvalue weighted by molar-refractivity contribution is 0.251. The van der Waals surface area contributed by atoms with E-state index in [9.17, 15) is 4.79 Å². The Kier molecular flexibility index (Phi) is 5.72. The highest BCUT2D eigenvalue weighted by Gasteiger charge is 2.24. The molecule has 3 heterocycles. The van der Waals surface area contributed by atoms with Gasteiger partial charge in [0.05, 0.1) is 0 Å². The summed E-state index contributed by atoms with van der Waals surface area (Å²) in [6.45, 7) is 8.32. The summed E-state index contributed by atoms with van der Waals surface area (Å²) in [4.78, 5) is 28.1. The minimum atomic E-state index is -0.229. The molecule has 9 nitrogen and oxygen atoms in total. The molecule has 0 spiro atoms. The molecule has 2 aromatic heterocycles. The number of anilines is 4. The molecule has 5 rings (SSSR count). The lowest BCUT2D eigenvalue weighted by atomic mass is 10.1. The zero-order valence-electron chi connectivity index (χ0n) is 19.2. The number of aromatic nitrogens is 3. The van der Waals surface area contributed by atoms with Crippen LogP contribution in [0.4, 0.5) is 27.9 Å². The van der Waals surface area contributed by atoms with E-state index in [1.165, 1.54) is 5.69 Å². The van der Waals surface area contributed by atoms with Crippen LogP contribution >= 0.6 is 0 Å². The van der Waals surface area contributed by atoms with Gasteiger partial charge in [-0.1, -0.05) is 0 Å². The van der Waals surface area contributed by atoms with Crippen LogP contribution in [0.5, 0.6) is 0 Å². The van der Waals surface area contributed by atoms with Gasteiger partial charge in [0.25, 0.3) is 0 Å². The van der Waals surface area contributed by atoms with Gasteiger partial charge in [-0.15, -0.1) is 0 Å². The molecular formula is C24H30N8O. The van der Waals surface area contributed by atoms with E-state index in [0.29, 0.717) is 29.5 Å². The van der Waals surface area contributed by atoms with Crippen molar-refractivity contribution in [3.63, 3.8) is 0 Å². The van der Waals surface area contributed by atoms with Crippen LogP contribution in [0, 0.1) is 6.92 Å². The van der Waals surface area contributed by atoms with Crippen LogP contribution < -0.4 is 26.2 Å². The number of amides is 2. The quantitative estimate of drug-likeness (QED) is 0.475. The average Bonchev–Trinajstić information content (AvgIpc) is 3.58. The Morgan fingerprint density at radius 2 is 1.82 bits per heavy atom. The number of carbonyl (C=O) groups is 1. The molecular weight excluding hydrogens is 416 g/mol. The lowest BCUT2D eigenvalue weighted by Crippen LogP contribution is -2.54. The summed E-state index contributed by atoms with van der Waals surface area (Å²) < 4.78 is 0. The molecule has 0 bridgehead atoms. The van der Waals surface area contributed by atoms with Crippen molar-refractivity contribution in [2.24, 2.45) is 0 Å². The van der Waals surface area contributed by atoms with Crippen LogP contribution in [0.1, 0.15) is 32.3 Å². The highest BCUT2D eigenvalue weighted by molar-refractivity contribution is 5.91. The molecule has 3 aromatic rings. The highest BCUT2D eigenvalue weighted by atomic mass is 16.2. The minimum Gasteiger partial charge on any atom is -0.368 e. The Balaban J connectivity index is 1.30. The molecule has 4 N–H and O–H groups in total. The average molecular weight is 447 g/mol. The number of benzene rings is 1. The van der Waals surface area contributed by atoms with Crippen LogP contribution in [-0.4, -0.2) is 52.2 Å². The first-order chi connectivity index (χ1) is 15.9. The zero-order chi connectivity index (χ0) is 22.9. The molecule has 2 atom stereocenters. The summed E-state index contributed by atoms with van der Waals surface area (Å²) in [5, 5.41) is 13.4. The van der Waals surface area contributed by atoms with Crippen LogP contribution in [0.2, 0.25) is 0 Å². The Hall–Kier alpha value is -3.46. The summed E-state index contributed by atoms with van der Waals surface area (Å²) in [5.74, 6) is 0.971. The van der Waals surface area contributed by atoms with E-state index in [2.05, 4.69) is 67.1 Å². The lowest BCUT2D eigenvalue weighted by Gasteiger charge is -2.37. The van der Waals surface area contributed by atoms with E-state index >= 15 is 0 Å². The fraction of sp³-hybridized carbons (Fsp3) is 0.417. The van der Waals surface area contributed by atoms with Crippen molar-refractivity contribution in [3.05, 3.63) is 42.1 Å². The Morgan fingerprint density at radius 1 is 1.09 bits per heavy atom. The van der Waals surface area contributed by atoms with Gasteiger partial charge in [-0.25, -0.2) is 14.8 Å². The van der Waals surface area contributed by atoms with Gasteiger partial charge in [0.2, 0.25) is 5.95 Å². The molecule has 2 fully saturated rings. The number of hydrogen-bond donors (Lipinski definition) is 4. The van der Waals surface area contributed by atoms with E-state index in [1.807, 2.05) is 25.1 Å². The number of urea groups is 1. The monoisotopic (exact) mass is 446 g/mol. The summed E-state index contributed by atoms with van der Waals surface area (Å²) in [6, 6.07) is 11.2. The predicted octanol–water partition coefficient (Wildman–Crippen LogP) is 3.55. The summed E-state index contributed by atoms with van der Waals surface area (Å²) in [7, 11) is 0. The molecule has 1 aromatic carbocycles. The number of aryl methyl sites for hydroxylation is 1. The maximum atomic E-state index is 12.1. The molecule has 9 heteroatoms. The Labute approximate surface area is 193 Å². The third-order valence-electron chi connectivity index (χ3n) is 5.95. The van der Waals surface area contributed by atoms with Gasteiger partial charge in [0.1, 0.15) is 5.82 Å². The third-order valence-corrected chi connectivity index (χ3v) is 5.95. The number of rotatable bonds is 5. The number of fused-ring (bicyclic) bond motifs is 1. The Bertz CT molecular complexity index is 1150. The van der Waals surface area contributed by atoms with Gasteiger partial charge < -0.3 is 20.9 Å². The molecule has 1 saturated carbocycles. The number of hydrogen-bond acceptors (Lipinski definition) is 7. The van der Waals surface area contributed by atoms with Crippen LogP contribution in [0.3, 0.4) is 0 Å². The van der Waals surface area contributed by atoms with Gasteiger partial charge in [0.15, 0.2) is 5.65 Å². The van der Waals surface area contributed by atoms with E-state index in [4.69, 9.17) is 0 Å². The normalized spacial score (nSPS) is 20.5. The van der Waals surface area contributed by atoms with Crippen LogP contribution in [0.15, 0.2) is 36.5 Å². The van der Waals surface area contributed by atoms with E-state index in [-0.39, 0.29) is 12.1 Å². The molecule has 2 aliphatic rings. The van der Waals surface area contributed by atoms with Crippen molar-refractivity contribution in [2.45, 2.75) is 51.7 Å². The van der Waals surface area contributed by atoms with Crippen molar-refractivity contribution in [3.8, 4) is 0 Å². The number of nitrogens with one attached hydrogen (secondary N) is 4. The van der Waals surface area contributed by atoms with Gasteiger partial charge in [-0.05, 0) is 69.5 Å². The SMILES string of the molecule is Cc1cc2cnc(Nc3ccc(N4CC(C)NC(C)C4)cc3)nc2nc1NC(=O)NC1CC1. The largest absolute Gasteiger partial charge is 0.368 e. The number of piperazine rings is 1. The summed E-state index contributed by atoms with van der Waals surface area (Å²) in [6.07, 6.45) is 3.82. The molecule has 1 saturated heterocycles. The van der Waals surface area contributed by atoms with E-state index in [1.54, 1.807) is 6.20 Å². The van der Waals surface area contributed by atoms with Crippen molar-refractivity contribution in [2.75, 3.05) is 28.6 Å². The minimum absolute atomic E-state index is 0.229. The maximum absolute atomic E-state index is 12.1. The molecule has 2 amide bonds. The van der Waals surface area contributed by atoms with Crippen molar-refractivity contribution >= 4 is 40.2 Å². The predicted molar refractivity (Wildman–Crippen MR) is 131 cm³/mol. The zero-order valence-corrected chi connectivity index (χ0v) is 19.2. The summed E-state index contributed by atoms with van der Waals surface area (Å²) >= 11 is 0. The van der Waals surface area contributed by atoms with E-state index < -0.39 is 0 Å². The van der Waals surface area contributed by atoms with Crippen molar-refractivity contribution in [1.29, 1.82) is 0 Å². The molecule has 0 radical (unpaired) electrons. The molecule has 1 aliphatic carbocycles. The fourth-order valence-electron chi connectivity index (χ4n) is 4.23. The van der Waals surface area contributed by atoms with E-state index in [0.717, 1.165) is 42.6 Å². The number of pyridine rings is 1. The molecule has 33 heavy (non-hydrogen) atoms. The van der Waals surface area contributed by atoms with Gasteiger partial charge >= 0.3 is 6.03 Å². The van der Waals surface area contributed by atoms with Crippen LogP contribution in [-0.2, 0) is 0 Å². The Morgan fingerprint density at radius 3 is 2.52 bits per heavy atom. The smallest absolute Gasteiger partial charge is 0.320 e. The second-order valence-electron chi connectivity index (χ2n) is 9.18. The third kappa shape index (κ3) is 5.14. The summed E-state index contributed by atoms with van der Waals surface area (Å²) in [5.41, 5.74) is 3.51. The van der Waals surface area contributed by atoms with Crippen molar-refractivity contribution < 1.29 is 4.79 Å². The maximum Gasteiger partial charge on any atom is 0.320 e. The molecule has 172 valence electrons. The second kappa shape index (κ2) is 8.82. The van der Waals surface area contributed by atoms with Gasteiger partial charge in [0, 0.05) is 54.2 Å². The molecule has 1 aliphatic heterocycles. The first kappa shape index (κ1) is 21.4. The topological polar surface area (TPSA) is 107 Å².